The summed E-state index contributed by atoms with van der Waals surface area (Å²) in [5.74, 6) is 1.37. The molecular formula is C23H28N4O3. The molecule has 0 bridgehead atoms. The third-order valence-electron chi connectivity index (χ3n) is 5.75. The summed E-state index contributed by atoms with van der Waals surface area (Å²) < 4.78 is 5.97. The summed E-state index contributed by atoms with van der Waals surface area (Å²) in [6.45, 7) is 4.16. The molecule has 2 heterocycles. The van der Waals surface area contributed by atoms with Crippen molar-refractivity contribution in [3.05, 3.63) is 51.1 Å². The van der Waals surface area contributed by atoms with Crippen molar-refractivity contribution < 1.29 is 9.53 Å². The Balaban J connectivity index is 1.62. The highest BCUT2D eigenvalue weighted by molar-refractivity contribution is 5.91. The van der Waals surface area contributed by atoms with Crippen molar-refractivity contribution in [2.24, 2.45) is 5.92 Å². The standard InChI is InChI=1S/C23H28N4O3/c1-15-18(16(2)26-23(29)19(15)13-24)10-11-21(28)27-22-20(9-6-12-25-22)30-14-17-7-4-3-5-8-17/h6,9,12,17H,3-5,7-8,10-11,14H2,1-2H3,(H,26,29)(H,25,27,28). The number of nitrogens with one attached hydrogen (secondary N) is 2. The normalized spacial score (nSPS) is 14.2. The molecule has 1 aliphatic carbocycles. The molecule has 2 aromatic rings. The van der Waals surface area contributed by atoms with Crippen molar-refractivity contribution >= 4 is 11.7 Å². The highest BCUT2D eigenvalue weighted by Crippen LogP contribution is 2.27. The fraction of sp³-hybridized carbons (Fsp3) is 0.478. The number of aryl methyl sites for hydroxylation is 1. The van der Waals surface area contributed by atoms with Gasteiger partial charge in [0.15, 0.2) is 11.6 Å². The van der Waals surface area contributed by atoms with Crippen molar-refractivity contribution in [1.82, 2.24) is 9.97 Å². The zero-order chi connectivity index (χ0) is 21.5. The summed E-state index contributed by atoms with van der Waals surface area (Å²) in [6.07, 6.45) is 8.42. The average Bonchev–Trinajstić information content (AvgIpc) is 2.74. The molecule has 0 aromatic carbocycles. The third kappa shape index (κ3) is 5.26. The van der Waals surface area contributed by atoms with E-state index in [0.717, 1.165) is 5.56 Å². The van der Waals surface area contributed by atoms with E-state index in [1.54, 1.807) is 26.1 Å². The monoisotopic (exact) mass is 408 g/mol. The average molecular weight is 409 g/mol. The van der Waals surface area contributed by atoms with Crippen LogP contribution in [0.4, 0.5) is 5.82 Å². The number of hydrogen-bond donors (Lipinski definition) is 2. The first-order chi connectivity index (χ1) is 14.5. The molecule has 0 saturated heterocycles. The number of H-pyrrole nitrogens is 1. The molecule has 1 saturated carbocycles. The molecule has 1 aliphatic rings. The third-order valence-corrected chi connectivity index (χ3v) is 5.75. The van der Waals surface area contributed by atoms with Crippen LogP contribution in [0.5, 0.6) is 5.75 Å². The molecule has 1 amide bonds. The number of aromatic nitrogens is 2. The van der Waals surface area contributed by atoms with Crippen LogP contribution in [0, 0.1) is 31.1 Å². The number of rotatable bonds is 7. The van der Waals surface area contributed by atoms with E-state index in [1.165, 1.54) is 32.1 Å². The lowest BCUT2D eigenvalue weighted by molar-refractivity contribution is -0.116. The van der Waals surface area contributed by atoms with E-state index in [0.29, 0.717) is 41.8 Å². The summed E-state index contributed by atoms with van der Waals surface area (Å²) in [6, 6.07) is 5.55. The van der Waals surface area contributed by atoms with Gasteiger partial charge in [-0.1, -0.05) is 19.3 Å². The maximum Gasteiger partial charge on any atom is 0.266 e. The minimum atomic E-state index is -0.394. The lowest BCUT2D eigenvalue weighted by Crippen LogP contribution is -2.19. The number of anilines is 1. The number of pyridine rings is 2. The van der Waals surface area contributed by atoms with Gasteiger partial charge < -0.3 is 15.0 Å². The largest absolute Gasteiger partial charge is 0.489 e. The second-order valence-corrected chi connectivity index (χ2v) is 7.88. The summed E-state index contributed by atoms with van der Waals surface area (Å²) in [5, 5.41) is 12.0. The predicted molar refractivity (Wildman–Crippen MR) is 115 cm³/mol. The Morgan fingerprint density at radius 1 is 1.33 bits per heavy atom. The van der Waals surface area contributed by atoms with Crippen LogP contribution in [0.2, 0.25) is 0 Å². The number of aromatic amines is 1. The zero-order valence-corrected chi connectivity index (χ0v) is 17.6. The number of nitriles is 1. The first-order valence-corrected chi connectivity index (χ1v) is 10.5. The molecule has 2 aromatic heterocycles. The van der Waals surface area contributed by atoms with Gasteiger partial charge in [-0.25, -0.2) is 4.98 Å². The van der Waals surface area contributed by atoms with Gasteiger partial charge >= 0.3 is 0 Å². The second-order valence-electron chi connectivity index (χ2n) is 7.88. The van der Waals surface area contributed by atoms with E-state index in [2.05, 4.69) is 15.3 Å². The van der Waals surface area contributed by atoms with Gasteiger partial charge in [0.25, 0.3) is 5.56 Å². The zero-order valence-electron chi connectivity index (χ0n) is 17.6. The molecule has 3 rings (SSSR count). The van der Waals surface area contributed by atoms with Gasteiger partial charge in [-0.2, -0.15) is 5.26 Å². The van der Waals surface area contributed by atoms with E-state index in [1.807, 2.05) is 12.1 Å². The van der Waals surface area contributed by atoms with Crippen LogP contribution in [-0.2, 0) is 11.2 Å². The Hall–Kier alpha value is -3.14. The van der Waals surface area contributed by atoms with Gasteiger partial charge in [0.2, 0.25) is 5.91 Å². The second kappa shape index (κ2) is 10.1. The lowest BCUT2D eigenvalue weighted by Gasteiger charge is -2.22. The number of hydrogen-bond acceptors (Lipinski definition) is 5. The molecule has 1 fully saturated rings. The van der Waals surface area contributed by atoms with E-state index < -0.39 is 5.56 Å². The summed E-state index contributed by atoms with van der Waals surface area (Å²) in [7, 11) is 0. The van der Waals surface area contributed by atoms with Crippen molar-refractivity contribution in [3.63, 3.8) is 0 Å². The summed E-state index contributed by atoms with van der Waals surface area (Å²) in [5.41, 5.74) is 1.82. The molecule has 0 spiro atoms. The van der Waals surface area contributed by atoms with E-state index >= 15 is 0 Å². The van der Waals surface area contributed by atoms with Crippen molar-refractivity contribution in [2.75, 3.05) is 11.9 Å². The van der Waals surface area contributed by atoms with Crippen molar-refractivity contribution in [1.29, 1.82) is 5.26 Å². The smallest absolute Gasteiger partial charge is 0.266 e. The van der Waals surface area contributed by atoms with E-state index in [9.17, 15) is 14.9 Å². The van der Waals surface area contributed by atoms with Crippen LogP contribution < -0.4 is 15.6 Å². The van der Waals surface area contributed by atoms with Crippen LogP contribution in [0.25, 0.3) is 0 Å². The fourth-order valence-electron chi connectivity index (χ4n) is 4.02. The number of nitrogens with zero attached hydrogens (tertiary/aromatic N) is 2. The van der Waals surface area contributed by atoms with Crippen LogP contribution >= 0.6 is 0 Å². The van der Waals surface area contributed by atoms with Gasteiger partial charge in [0.05, 0.1) is 6.61 Å². The molecule has 30 heavy (non-hydrogen) atoms. The maximum atomic E-state index is 12.5. The molecule has 0 radical (unpaired) electrons. The highest BCUT2D eigenvalue weighted by Gasteiger charge is 2.17. The lowest BCUT2D eigenvalue weighted by atomic mass is 9.90. The van der Waals surface area contributed by atoms with Gasteiger partial charge in [-0.15, -0.1) is 0 Å². The molecule has 0 atom stereocenters. The SMILES string of the molecule is Cc1[nH]c(=O)c(C#N)c(C)c1CCC(=O)Nc1ncccc1OCC1CCCCC1. The van der Waals surface area contributed by atoms with Crippen molar-refractivity contribution in [3.8, 4) is 11.8 Å². The Kier molecular flexibility index (Phi) is 7.23. The molecule has 0 aliphatic heterocycles. The Labute approximate surface area is 176 Å². The summed E-state index contributed by atoms with van der Waals surface area (Å²) >= 11 is 0. The predicted octanol–water partition coefficient (Wildman–Crippen LogP) is 3.79. The van der Waals surface area contributed by atoms with Gasteiger partial charge in [-0.3, -0.25) is 9.59 Å². The molecule has 7 nitrogen and oxygen atoms in total. The molecule has 7 heteroatoms. The number of ether oxygens (including phenoxy) is 1. The molecular weight excluding hydrogens is 380 g/mol. The fourth-order valence-corrected chi connectivity index (χ4v) is 4.02. The van der Waals surface area contributed by atoms with Crippen LogP contribution in [-0.4, -0.2) is 22.5 Å². The van der Waals surface area contributed by atoms with Crippen LogP contribution in [0.15, 0.2) is 23.1 Å². The Morgan fingerprint density at radius 2 is 2.10 bits per heavy atom. The van der Waals surface area contributed by atoms with E-state index in [4.69, 9.17) is 4.74 Å². The Morgan fingerprint density at radius 3 is 2.83 bits per heavy atom. The molecule has 158 valence electrons. The topological polar surface area (TPSA) is 108 Å². The first kappa shape index (κ1) is 21.6. The van der Waals surface area contributed by atoms with Crippen molar-refractivity contribution in [2.45, 2.75) is 58.8 Å². The van der Waals surface area contributed by atoms with Crippen LogP contribution in [0.1, 0.15) is 60.9 Å². The number of amides is 1. The highest BCUT2D eigenvalue weighted by atomic mass is 16.5. The van der Waals surface area contributed by atoms with Crippen LogP contribution in [0.3, 0.4) is 0 Å². The van der Waals surface area contributed by atoms with Gasteiger partial charge in [0, 0.05) is 18.3 Å². The minimum Gasteiger partial charge on any atom is -0.489 e. The number of carbonyl (C=O) groups is 1. The maximum absolute atomic E-state index is 12.5. The van der Waals surface area contributed by atoms with Gasteiger partial charge in [-0.05, 0) is 62.3 Å². The quantitative estimate of drug-likeness (QED) is 0.725. The van der Waals surface area contributed by atoms with Gasteiger partial charge in [0.1, 0.15) is 11.6 Å². The first-order valence-electron chi connectivity index (χ1n) is 10.5. The number of carbonyl (C=O) groups excluding carboxylic acids is 1. The molecule has 2 N–H and O–H groups in total. The molecule has 0 unspecified atom stereocenters. The summed E-state index contributed by atoms with van der Waals surface area (Å²) in [4.78, 5) is 31.4. The Bertz CT molecular complexity index is 1000. The van der Waals surface area contributed by atoms with E-state index in [-0.39, 0.29) is 17.9 Å². The minimum absolute atomic E-state index is 0.0964.